The fraction of sp³-hybridized carbons (Fsp3) is 0.733. The van der Waals surface area contributed by atoms with Gasteiger partial charge in [0.25, 0.3) is 0 Å². The third kappa shape index (κ3) is 4.71. The van der Waals surface area contributed by atoms with Gasteiger partial charge in [0.15, 0.2) is 0 Å². The summed E-state index contributed by atoms with van der Waals surface area (Å²) in [5, 5.41) is 10.4. The zero-order chi connectivity index (χ0) is 18.5. The lowest BCUT2D eigenvalue weighted by molar-refractivity contribution is -0.126. The van der Waals surface area contributed by atoms with E-state index < -0.39 is 15.6 Å². The van der Waals surface area contributed by atoms with Crippen LogP contribution in [0.5, 0.6) is 0 Å². The Bertz CT molecular complexity index is 680. The number of methoxy groups -OCH3 is 1. The lowest BCUT2D eigenvalue weighted by Crippen LogP contribution is -2.59. The van der Waals surface area contributed by atoms with Crippen molar-refractivity contribution in [1.82, 2.24) is 19.4 Å². The summed E-state index contributed by atoms with van der Waals surface area (Å²) < 4.78 is 32.2. The fourth-order valence-electron chi connectivity index (χ4n) is 2.90. The van der Waals surface area contributed by atoms with Gasteiger partial charge >= 0.3 is 0 Å². The number of nitrogens with one attached hydrogen (secondary N) is 2. The van der Waals surface area contributed by atoms with E-state index in [1.807, 2.05) is 0 Å². The number of rotatable bonds is 8. The Hall–Kier alpha value is -1.65. The van der Waals surface area contributed by atoms with Gasteiger partial charge in [0.2, 0.25) is 15.9 Å². The van der Waals surface area contributed by atoms with Gasteiger partial charge in [0, 0.05) is 46.1 Å². The van der Waals surface area contributed by atoms with Gasteiger partial charge in [-0.3, -0.25) is 9.48 Å². The molecule has 9 nitrogen and oxygen atoms in total. The second-order valence-electron chi connectivity index (χ2n) is 6.13. The Kier molecular flexibility index (Phi) is 6.42. The average Bonchev–Trinajstić information content (AvgIpc) is 3.00. The van der Waals surface area contributed by atoms with Crippen molar-refractivity contribution in [2.45, 2.75) is 25.3 Å². The third-order valence-corrected chi connectivity index (χ3v) is 6.32. The zero-order valence-corrected chi connectivity index (χ0v) is 15.8. The first-order valence-electron chi connectivity index (χ1n) is 8.36. The highest BCUT2D eigenvalue weighted by Crippen LogP contribution is 2.28. The largest absolute Gasteiger partial charge is 0.383 e. The van der Waals surface area contributed by atoms with Crippen molar-refractivity contribution in [3.8, 4) is 0 Å². The average molecular weight is 373 g/mol. The molecule has 1 saturated heterocycles. The van der Waals surface area contributed by atoms with Crippen molar-refractivity contribution in [2.24, 2.45) is 7.05 Å². The quantitative estimate of drug-likeness (QED) is 0.610. The van der Waals surface area contributed by atoms with Gasteiger partial charge in [-0.05, 0) is 19.8 Å². The fourth-order valence-corrected chi connectivity index (χ4v) is 4.00. The van der Waals surface area contributed by atoms with Gasteiger partial charge in [0.05, 0.1) is 12.4 Å². The molecule has 25 heavy (non-hydrogen) atoms. The van der Waals surface area contributed by atoms with Crippen LogP contribution >= 0.6 is 0 Å². The predicted octanol–water partition coefficient (Wildman–Crippen LogP) is -0.221. The highest BCUT2D eigenvalue weighted by atomic mass is 32.2. The lowest BCUT2D eigenvalue weighted by atomic mass is 9.87. The topological polar surface area (TPSA) is 106 Å². The number of aryl methyl sites for hydroxylation is 1. The van der Waals surface area contributed by atoms with E-state index in [4.69, 9.17) is 4.74 Å². The number of amides is 1. The number of carbonyl (C=O) groups is 1. The summed E-state index contributed by atoms with van der Waals surface area (Å²) in [6.45, 7) is 3.04. The first-order chi connectivity index (χ1) is 11.8. The van der Waals surface area contributed by atoms with E-state index in [-0.39, 0.29) is 11.7 Å². The molecule has 142 valence electrons. The minimum absolute atomic E-state index is 0.0632. The van der Waals surface area contributed by atoms with Crippen LogP contribution in [0.4, 0.5) is 5.82 Å². The second-order valence-corrected chi connectivity index (χ2v) is 8.39. The molecule has 0 unspecified atom stereocenters. The third-order valence-electron chi connectivity index (χ3n) is 4.44. The molecule has 0 spiro atoms. The second kappa shape index (κ2) is 8.15. The summed E-state index contributed by atoms with van der Waals surface area (Å²) in [4.78, 5) is 12.8. The van der Waals surface area contributed by atoms with E-state index in [1.165, 1.54) is 4.31 Å². The van der Waals surface area contributed by atoms with Crippen LogP contribution in [0, 0.1) is 0 Å². The molecule has 0 bridgehead atoms. The summed E-state index contributed by atoms with van der Waals surface area (Å²) in [7, 11) is 0.117. The Labute approximate surface area is 148 Å². The van der Waals surface area contributed by atoms with Crippen LogP contribution in [0.15, 0.2) is 12.3 Å². The maximum Gasteiger partial charge on any atom is 0.245 e. The molecule has 1 aliphatic heterocycles. The van der Waals surface area contributed by atoms with Crippen LogP contribution in [-0.4, -0.2) is 73.1 Å². The molecule has 2 heterocycles. The van der Waals surface area contributed by atoms with E-state index >= 15 is 0 Å². The number of aromatic nitrogens is 2. The maximum absolute atomic E-state index is 12.8. The summed E-state index contributed by atoms with van der Waals surface area (Å²) in [6.07, 6.45) is 2.54. The molecule has 1 fully saturated rings. The highest BCUT2D eigenvalue weighted by molar-refractivity contribution is 7.89. The summed E-state index contributed by atoms with van der Waals surface area (Å²) in [6, 6.07) is 1.79. The van der Waals surface area contributed by atoms with E-state index in [0.29, 0.717) is 44.9 Å². The smallest absolute Gasteiger partial charge is 0.245 e. The molecule has 1 amide bonds. The van der Waals surface area contributed by atoms with E-state index in [1.54, 1.807) is 38.0 Å². The summed E-state index contributed by atoms with van der Waals surface area (Å²) >= 11 is 0. The van der Waals surface area contributed by atoms with Crippen LogP contribution in [-0.2, 0) is 26.6 Å². The summed E-state index contributed by atoms with van der Waals surface area (Å²) in [5.41, 5.74) is -0.887. The number of carbonyl (C=O) groups excluding carboxylic acids is 1. The van der Waals surface area contributed by atoms with Crippen molar-refractivity contribution >= 4 is 21.7 Å². The van der Waals surface area contributed by atoms with Crippen LogP contribution in [0.1, 0.15) is 19.8 Å². The monoisotopic (exact) mass is 373 g/mol. The van der Waals surface area contributed by atoms with E-state index in [9.17, 15) is 13.2 Å². The van der Waals surface area contributed by atoms with Gasteiger partial charge in [-0.1, -0.05) is 0 Å². The maximum atomic E-state index is 12.8. The number of hydrogen-bond acceptors (Lipinski definition) is 6. The highest BCUT2D eigenvalue weighted by Gasteiger charge is 2.43. The Morgan fingerprint density at radius 3 is 2.60 bits per heavy atom. The Morgan fingerprint density at radius 2 is 2.08 bits per heavy atom. The normalized spacial score (nSPS) is 18.0. The van der Waals surface area contributed by atoms with Crippen LogP contribution in [0.25, 0.3) is 0 Å². The SMILES string of the molecule is CCS(=O)(=O)N1CCC(Nc2ccn(C)n2)(C(=O)NCCOC)CC1. The zero-order valence-electron chi connectivity index (χ0n) is 15.0. The van der Waals surface area contributed by atoms with Crippen molar-refractivity contribution in [1.29, 1.82) is 0 Å². The Morgan fingerprint density at radius 1 is 1.40 bits per heavy atom. The van der Waals surface area contributed by atoms with Crippen LogP contribution in [0.3, 0.4) is 0 Å². The molecule has 0 radical (unpaired) electrons. The van der Waals surface area contributed by atoms with Crippen molar-refractivity contribution in [3.05, 3.63) is 12.3 Å². The predicted molar refractivity (Wildman–Crippen MR) is 94.7 cm³/mol. The number of nitrogens with zero attached hydrogens (tertiary/aromatic N) is 3. The van der Waals surface area contributed by atoms with Gasteiger partial charge < -0.3 is 15.4 Å². The molecule has 0 aliphatic carbocycles. The lowest BCUT2D eigenvalue weighted by Gasteiger charge is -2.40. The van der Waals surface area contributed by atoms with Crippen LogP contribution in [0.2, 0.25) is 0 Å². The minimum Gasteiger partial charge on any atom is -0.383 e. The van der Waals surface area contributed by atoms with Crippen LogP contribution < -0.4 is 10.6 Å². The van der Waals surface area contributed by atoms with Crippen molar-refractivity contribution < 1.29 is 17.9 Å². The molecule has 0 aromatic carbocycles. The number of piperidine rings is 1. The first-order valence-corrected chi connectivity index (χ1v) is 9.97. The molecule has 1 aliphatic rings. The molecule has 10 heteroatoms. The number of anilines is 1. The van der Waals surface area contributed by atoms with Gasteiger partial charge in [-0.2, -0.15) is 5.10 Å². The molecule has 1 aromatic heterocycles. The van der Waals surface area contributed by atoms with E-state index in [2.05, 4.69) is 15.7 Å². The number of ether oxygens (including phenoxy) is 1. The van der Waals surface area contributed by atoms with Gasteiger partial charge in [-0.15, -0.1) is 0 Å². The number of sulfonamides is 1. The molecular weight excluding hydrogens is 346 g/mol. The Balaban J connectivity index is 2.15. The van der Waals surface area contributed by atoms with E-state index in [0.717, 1.165) is 0 Å². The first kappa shape index (κ1) is 19.7. The van der Waals surface area contributed by atoms with Gasteiger partial charge in [0.1, 0.15) is 11.4 Å². The minimum atomic E-state index is -3.25. The standard InChI is InChI=1S/C15H27N5O4S/c1-4-25(22,23)20-10-6-15(7-11-20,14(21)16-8-12-24-3)17-13-5-9-19(2)18-13/h5,9H,4,6-8,10-12H2,1-3H3,(H,16,21)(H,17,18). The van der Waals surface area contributed by atoms with Gasteiger partial charge in [-0.25, -0.2) is 12.7 Å². The number of hydrogen-bond donors (Lipinski definition) is 2. The molecule has 1 aromatic rings. The molecule has 0 saturated carbocycles. The molecule has 2 rings (SSSR count). The molecule has 2 N–H and O–H groups in total. The molecular formula is C15H27N5O4S. The molecule has 0 atom stereocenters. The summed E-state index contributed by atoms with van der Waals surface area (Å²) in [5.74, 6) is 0.494. The van der Waals surface area contributed by atoms with Crippen molar-refractivity contribution in [3.63, 3.8) is 0 Å². The van der Waals surface area contributed by atoms with Crippen molar-refractivity contribution in [2.75, 3.05) is 44.4 Å².